The summed E-state index contributed by atoms with van der Waals surface area (Å²) in [5, 5.41) is 67.5. The zero-order valence-corrected chi connectivity index (χ0v) is 78.8. The first kappa shape index (κ1) is 41.5. The molecule has 21 unspecified atom stereocenters. The maximum atomic E-state index is 11.4. The second kappa shape index (κ2) is 49.1. The number of fused-ring (bicyclic) bond motifs is 18. The minimum absolute atomic E-state index is 0.148. The smallest absolute Gasteiger partial charge is 0.161 e. The lowest BCUT2D eigenvalue weighted by atomic mass is 9.79. The first-order chi connectivity index (χ1) is 99.5. The highest BCUT2D eigenvalue weighted by molar-refractivity contribution is 5.55. The van der Waals surface area contributed by atoms with Gasteiger partial charge in [-0.3, -0.25) is 29.4 Å². The summed E-state index contributed by atoms with van der Waals surface area (Å²) in [6.45, 7) is -24.7. The molecule has 12 aliphatic rings. The van der Waals surface area contributed by atoms with Crippen molar-refractivity contribution < 1.29 is 207 Å². The van der Waals surface area contributed by atoms with Crippen LogP contribution in [0.4, 0.5) is 0 Å². The Hall–Kier alpha value is -7.56. The zero-order valence-electron chi connectivity index (χ0n) is 166. The standard InChI is InChI=1S/6C19H29NO3/c6*1-12(2)7-14-11-20-6-5-13-8-18(22-3)19(23-4)9-15(13)16(20)10-17(14)21/h6*8-9,12,14,16-17,21H,5-7,10-11H2,1-4H3/i1D3,4D3,5D2,6D2,7D2,8D,9D,10D2,12D,14D,17D;2*1D3,5D2,6D2,7D2,8D,9D,10D2,12D,14D,17D;2*4D3,5D2,6D2,8D,9D,10D2,14D,17D;5D2,6D2,8D,9D,10D2,14D,17D. The first-order valence-electron chi connectivity index (χ1n) is 86.5. The third-order valence-corrected chi connectivity index (χ3v) is 21.9. The predicted molar refractivity (Wildman–Crippen MR) is 547 cm³/mol. The average molecular weight is 2000 g/mol. The van der Waals surface area contributed by atoms with Crippen LogP contribution < -0.4 is 56.8 Å². The van der Waals surface area contributed by atoms with Gasteiger partial charge >= 0.3 is 0 Å². The number of nitrogens with zero attached hydrogens (tertiary/aromatic N) is 6. The summed E-state index contributed by atoms with van der Waals surface area (Å²) in [5.74, 6) is -35.5. The molecule has 0 spiro atoms. The van der Waals surface area contributed by atoms with E-state index in [1.54, 1.807) is 41.5 Å². The van der Waals surface area contributed by atoms with Crippen LogP contribution in [0.5, 0.6) is 69.0 Å². The molecule has 0 aromatic heterocycles. The molecular formula is C114H174N6O18. The molecule has 6 aromatic carbocycles. The molecule has 0 amide bonds. The summed E-state index contributed by atoms with van der Waals surface area (Å²) in [4.78, 5) is 2.96. The minimum Gasteiger partial charge on any atom is -0.493 e. The Labute approximate surface area is 949 Å². The molecular weight excluding hydrogens is 1740 g/mol. The number of methoxy groups -OCH3 is 12. The Morgan fingerprint density at radius 2 is 0.442 bits per heavy atom. The van der Waals surface area contributed by atoms with Gasteiger partial charge in [-0.15, -0.1) is 0 Å². The molecule has 21 atom stereocenters. The molecule has 0 saturated carbocycles. The van der Waals surface area contributed by atoms with Gasteiger partial charge in [0.15, 0.2) is 69.0 Å². The highest BCUT2D eigenvalue weighted by atomic mass is 16.5. The lowest BCUT2D eigenvalue weighted by Crippen LogP contribution is -2.48. The van der Waals surface area contributed by atoms with E-state index in [9.17, 15) is 30.6 Å². The van der Waals surface area contributed by atoms with E-state index in [1.165, 1.54) is 14.2 Å². The van der Waals surface area contributed by atoms with E-state index in [2.05, 4.69) is 0 Å². The molecule has 24 nitrogen and oxygen atoms in total. The van der Waals surface area contributed by atoms with Gasteiger partial charge in [0.25, 0.3) is 0 Å². The van der Waals surface area contributed by atoms with Gasteiger partial charge in [0, 0.05) is 197 Å². The van der Waals surface area contributed by atoms with Gasteiger partial charge in [-0.05, 0) is 325 Å². The van der Waals surface area contributed by atoms with Crippen LogP contribution >= 0.6 is 0 Å². The molecule has 0 bridgehead atoms. The number of piperidine rings is 6. The third-order valence-electron chi connectivity index (χ3n) is 21.9. The fourth-order valence-corrected chi connectivity index (χ4v) is 15.8. The summed E-state index contributed by atoms with van der Waals surface area (Å²) in [7, 11) is 0.128. The Bertz CT molecular complexity index is 9050. The van der Waals surface area contributed by atoms with E-state index in [1.807, 2.05) is 0 Å². The predicted octanol–water partition coefficient (Wildman–Crippen LogP) is 18.2. The fraction of sp³-hybridized carbons (Fsp3) is 0.684. The average Bonchev–Trinajstić information content (AvgIpc) is 0.656. The van der Waals surface area contributed by atoms with Crippen LogP contribution in [0.1, 0.15) is 382 Å². The molecule has 24 heteroatoms. The molecule has 12 aliphatic heterocycles. The van der Waals surface area contributed by atoms with Gasteiger partial charge in [-0.1, -0.05) is 82.9 Å². The Morgan fingerprint density at radius 3 is 0.601 bits per heavy atom. The van der Waals surface area contributed by atoms with Crippen molar-refractivity contribution in [3.05, 3.63) is 139 Å². The highest BCUT2D eigenvalue weighted by Crippen LogP contribution is 2.52. The molecule has 0 radical (unpaired) electrons. The number of aliphatic hydroxyl groups is 6. The van der Waals surface area contributed by atoms with Gasteiger partial charge in [0.2, 0.25) is 0 Å². The van der Waals surface area contributed by atoms with E-state index in [0.29, 0.717) is 40.4 Å². The summed E-state index contributed by atoms with van der Waals surface area (Å²) in [5.41, 5.74) is -8.87. The van der Waals surface area contributed by atoms with Crippen molar-refractivity contribution >= 4 is 0 Å². The van der Waals surface area contributed by atoms with Crippen LogP contribution in [0.2, 0.25) is 0 Å². The van der Waals surface area contributed by atoms with E-state index in [4.69, 9.17) is 176 Å². The number of ether oxygens (including phenoxy) is 12. The first-order valence-corrected chi connectivity index (χ1v) is 43.0. The van der Waals surface area contributed by atoms with Gasteiger partial charge in [0.1, 0.15) is 0 Å². The minimum atomic E-state index is -4.03. The second-order valence-electron chi connectivity index (χ2n) is 33.2. The lowest BCUT2D eigenvalue weighted by Gasteiger charge is -2.46. The monoisotopic (exact) mass is 2000 g/mol. The van der Waals surface area contributed by atoms with Crippen molar-refractivity contribution in [2.75, 3.05) is 163 Å². The molecule has 6 N–H and O–H groups in total. The topological polar surface area (TPSA) is 252 Å². The Balaban J connectivity index is 0.000000214. The van der Waals surface area contributed by atoms with Crippen molar-refractivity contribution in [1.29, 1.82) is 0 Å². The van der Waals surface area contributed by atoms with E-state index in [-0.39, 0.29) is 53.4 Å². The van der Waals surface area contributed by atoms with E-state index < -0.39 is 538 Å². The van der Waals surface area contributed by atoms with Crippen LogP contribution in [0, 0.1) is 70.8 Å². The highest BCUT2D eigenvalue weighted by Gasteiger charge is 2.47. The molecule has 6 aromatic rings. The van der Waals surface area contributed by atoms with E-state index >= 15 is 0 Å². The second-order valence-corrected chi connectivity index (χ2v) is 33.2. The lowest BCUT2D eigenvalue weighted by molar-refractivity contribution is -0.0192. The van der Waals surface area contributed by atoms with Crippen LogP contribution in [0.25, 0.3) is 0 Å². The number of rotatable bonds is 24. The number of hydrogen-bond donors (Lipinski definition) is 6. The molecule has 0 aliphatic carbocycles. The summed E-state index contributed by atoms with van der Waals surface area (Å²) in [6.07, 6.45) is -72.5. The van der Waals surface area contributed by atoms with Crippen molar-refractivity contribution in [3.8, 4) is 69.0 Å². The molecule has 6 fully saturated rings. The van der Waals surface area contributed by atoms with Crippen molar-refractivity contribution in [1.82, 2.24) is 29.4 Å². The molecule has 18 rings (SSSR count). The Kier molecular flexibility index (Phi) is 14.8. The van der Waals surface area contributed by atoms with Gasteiger partial charge in [-0.25, -0.2) is 0 Å². The van der Waals surface area contributed by atoms with Gasteiger partial charge < -0.3 is 87.5 Å². The van der Waals surface area contributed by atoms with Crippen LogP contribution in [-0.2, 0) is 38.2 Å². The van der Waals surface area contributed by atoms with Crippen molar-refractivity contribution in [2.24, 2.45) is 70.8 Å². The van der Waals surface area contributed by atoms with Crippen LogP contribution in [0.3, 0.4) is 0 Å². The van der Waals surface area contributed by atoms with Crippen molar-refractivity contribution in [3.63, 3.8) is 0 Å². The largest absolute Gasteiger partial charge is 0.493 e. The van der Waals surface area contributed by atoms with Gasteiger partial charge in [-0.2, -0.15) is 0 Å². The fourth-order valence-electron chi connectivity index (χ4n) is 15.8. The van der Waals surface area contributed by atoms with E-state index in [0.717, 1.165) is 54.7 Å². The SMILES string of the molecule is [2H]c1c(OC([2H])([2H])[2H])c(OC)c([2H])c2c1C1N(CC([2H])(C([2H])([2H])C([2H])(C)C([2H])([2H])[2H])C([2H])(O)C1([2H])[2H])C([2H])([2H])C2([2H])[2H].[2H]c1c(OC([2H])([2H])[2H])c(OC)c([2H])c2c1C1N(CC([2H])(CC(C)C)C([2H])(O)C1([2H])[2H])C([2H])([2H])C2([2H])[2H].[2H]c1c(OC([2H])([2H])[2H])c(OC)c([2H])c2c1C1N(CC([2H])(CC(C)C)C([2H])(O)C1([2H])[2H])C([2H])([2H])C2([2H])[2H].[2H]c1c(OC)c(OC)c([2H])c2c1C1N(CC([2H])(C([2H])([2H])C([2H])(C)C([2H])([2H])[2H])C([2H])(O)C1([2H])[2H])C([2H])([2H])C2([2H])[2H].[2H]c1c(OC)c(OC)c([2H])c2c1C1N(CC([2H])(C([2H])([2H])C([2H])(C)C([2H])([2H])[2H])C([2H])(O)C1([2H])[2H])C([2H])([2H])C2([2H])[2H].[2H]c1c(OC)c(OC)c([2H])c2c1C1N(CC([2H])(CC(C)C)C([2H])(O)C1([2H])[2H])C([2H])([2H])C2([2H])[2H]. The van der Waals surface area contributed by atoms with Crippen molar-refractivity contribution in [2.45, 2.75) is 270 Å². The molecule has 768 valence electrons. The normalized spacial score (nSPS) is 51.8. The summed E-state index contributed by atoms with van der Waals surface area (Å²) in [6, 6.07) is -22.8. The Morgan fingerprint density at radius 1 is 0.283 bits per heavy atom. The zero-order chi connectivity index (χ0) is 176. The molecule has 138 heavy (non-hydrogen) atoms. The van der Waals surface area contributed by atoms with Gasteiger partial charge in [0.05, 0.1) is 159 Å². The quantitative estimate of drug-likeness (QED) is 0.0329. The molecule has 6 saturated heterocycles. The molecule has 12 heterocycles. The summed E-state index contributed by atoms with van der Waals surface area (Å²) < 4.78 is 793. The van der Waals surface area contributed by atoms with Crippen LogP contribution in [-0.4, -0.2) is 260 Å². The maximum Gasteiger partial charge on any atom is 0.161 e. The summed E-state index contributed by atoms with van der Waals surface area (Å²) >= 11 is 0. The van der Waals surface area contributed by atoms with Crippen LogP contribution in [0.15, 0.2) is 72.5 Å². The third kappa shape index (κ3) is 25.4. The maximum absolute atomic E-state index is 11.4. The number of hydrogen-bond acceptors (Lipinski definition) is 24. The number of benzene rings is 6.